The first-order chi connectivity index (χ1) is 7.72. The van der Waals surface area contributed by atoms with E-state index in [1.807, 2.05) is 6.92 Å². The van der Waals surface area contributed by atoms with Crippen molar-refractivity contribution in [3.63, 3.8) is 0 Å². The van der Waals surface area contributed by atoms with E-state index >= 15 is 0 Å². The lowest BCUT2D eigenvalue weighted by atomic mass is 10.1. The molecule has 0 fully saturated rings. The molecular formula is C11H14N2O3. The number of nitrogens with two attached hydrogens (primary N) is 1. The van der Waals surface area contributed by atoms with Gasteiger partial charge in [-0.05, 0) is 24.6 Å². The van der Waals surface area contributed by atoms with Crippen LogP contribution >= 0.6 is 0 Å². The maximum absolute atomic E-state index is 11.5. The normalized spacial score (nSPS) is 14.1. The van der Waals surface area contributed by atoms with Gasteiger partial charge in [0.1, 0.15) is 0 Å². The van der Waals surface area contributed by atoms with Crippen LogP contribution in [0.3, 0.4) is 0 Å². The molecular weight excluding hydrogens is 208 g/mol. The molecule has 1 aliphatic rings. The molecule has 0 aromatic heterocycles. The van der Waals surface area contributed by atoms with Crippen LogP contribution in [0.25, 0.3) is 0 Å². The molecule has 1 aliphatic heterocycles. The van der Waals surface area contributed by atoms with E-state index in [1.54, 1.807) is 12.1 Å². The maximum Gasteiger partial charge on any atom is 0.265 e. The number of hydrazine groups is 1. The van der Waals surface area contributed by atoms with Crippen molar-refractivity contribution in [2.75, 3.05) is 13.2 Å². The molecule has 1 aromatic rings. The number of rotatable bonds is 1. The zero-order chi connectivity index (χ0) is 11.5. The van der Waals surface area contributed by atoms with Gasteiger partial charge in [-0.1, -0.05) is 0 Å². The molecule has 0 radical (unpaired) electrons. The van der Waals surface area contributed by atoms with Crippen LogP contribution in [0.2, 0.25) is 0 Å². The molecule has 5 nitrogen and oxygen atoms in total. The highest BCUT2D eigenvalue weighted by molar-refractivity contribution is 5.96. The maximum atomic E-state index is 11.5. The molecule has 1 aromatic carbocycles. The average molecular weight is 222 g/mol. The van der Waals surface area contributed by atoms with Gasteiger partial charge in [-0.3, -0.25) is 10.2 Å². The van der Waals surface area contributed by atoms with E-state index in [2.05, 4.69) is 5.43 Å². The number of ether oxygens (including phenoxy) is 2. The van der Waals surface area contributed by atoms with Gasteiger partial charge in [0, 0.05) is 12.0 Å². The van der Waals surface area contributed by atoms with E-state index in [4.69, 9.17) is 15.3 Å². The quantitative estimate of drug-likeness (QED) is 0.418. The molecule has 16 heavy (non-hydrogen) atoms. The summed E-state index contributed by atoms with van der Waals surface area (Å²) >= 11 is 0. The van der Waals surface area contributed by atoms with Gasteiger partial charge in [-0.15, -0.1) is 0 Å². The minimum atomic E-state index is -0.326. The summed E-state index contributed by atoms with van der Waals surface area (Å²) in [4.78, 5) is 11.5. The van der Waals surface area contributed by atoms with E-state index in [-0.39, 0.29) is 5.91 Å². The molecule has 0 unspecified atom stereocenters. The first-order valence-electron chi connectivity index (χ1n) is 5.13. The fraction of sp³-hybridized carbons (Fsp3) is 0.364. The molecule has 3 N–H and O–H groups in total. The topological polar surface area (TPSA) is 73.6 Å². The second kappa shape index (κ2) is 4.40. The number of carbonyl (C=O) groups is 1. The minimum absolute atomic E-state index is 0.326. The molecule has 86 valence electrons. The number of amides is 1. The zero-order valence-corrected chi connectivity index (χ0v) is 9.08. The van der Waals surface area contributed by atoms with Crippen molar-refractivity contribution in [2.45, 2.75) is 13.3 Å². The number of aryl methyl sites for hydroxylation is 1. The van der Waals surface area contributed by atoms with Gasteiger partial charge in [0.2, 0.25) is 0 Å². The summed E-state index contributed by atoms with van der Waals surface area (Å²) in [6.07, 6.45) is 0.839. The van der Waals surface area contributed by atoms with Crippen LogP contribution in [-0.4, -0.2) is 19.1 Å². The zero-order valence-electron chi connectivity index (χ0n) is 9.08. The van der Waals surface area contributed by atoms with Crippen molar-refractivity contribution in [3.8, 4) is 11.5 Å². The Morgan fingerprint density at radius 2 is 1.94 bits per heavy atom. The van der Waals surface area contributed by atoms with Gasteiger partial charge < -0.3 is 9.47 Å². The number of hydrogen-bond acceptors (Lipinski definition) is 4. The number of carbonyl (C=O) groups excluding carboxylic acids is 1. The van der Waals surface area contributed by atoms with Crippen molar-refractivity contribution >= 4 is 5.91 Å². The Kier molecular flexibility index (Phi) is 2.96. The average Bonchev–Trinajstić information content (AvgIpc) is 2.51. The second-order valence-corrected chi connectivity index (χ2v) is 3.64. The Hall–Kier alpha value is -1.75. The first-order valence-corrected chi connectivity index (χ1v) is 5.13. The van der Waals surface area contributed by atoms with Crippen LogP contribution in [-0.2, 0) is 0 Å². The van der Waals surface area contributed by atoms with Crippen molar-refractivity contribution in [1.82, 2.24) is 5.43 Å². The number of hydrogen-bond donors (Lipinski definition) is 2. The van der Waals surface area contributed by atoms with Crippen molar-refractivity contribution in [3.05, 3.63) is 23.3 Å². The molecule has 0 bridgehead atoms. The fourth-order valence-electron chi connectivity index (χ4n) is 1.63. The largest absolute Gasteiger partial charge is 0.490 e. The standard InChI is InChI=1S/C11H14N2O3/c1-7-5-9-10(16-4-2-3-15-9)6-8(7)11(14)13-12/h5-6H,2-4,12H2,1H3,(H,13,14). The monoisotopic (exact) mass is 222 g/mol. The summed E-state index contributed by atoms with van der Waals surface area (Å²) in [5.41, 5.74) is 3.43. The summed E-state index contributed by atoms with van der Waals surface area (Å²) in [6, 6.07) is 3.46. The lowest BCUT2D eigenvalue weighted by molar-refractivity contribution is 0.0952. The Morgan fingerprint density at radius 3 is 2.56 bits per heavy atom. The van der Waals surface area contributed by atoms with Crippen molar-refractivity contribution in [2.24, 2.45) is 5.84 Å². The minimum Gasteiger partial charge on any atom is -0.490 e. The lowest BCUT2D eigenvalue weighted by Crippen LogP contribution is -2.30. The van der Waals surface area contributed by atoms with E-state index in [0.29, 0.717) is 30.3 Å². The van der Waals surface area contributed by atoms with Gasteiger partial charge in [0.15, 0.2) is 11.5 Å². The molecule has 0 saturated carbocycles. The highest BCUT2D eigenvalue weighted by Gasteiger charge is 2.16. The van der Waals surface area contributed by atoms with Gasteiger partial charge >= 0.3 is 0 Å². The SMILES string of the molecule is Cc1cc2c(cc1C(=O)NN)OCCCO2. The number of benzene rings is 1. The third kappa shape index (κ3) is 1.94. The van der Waals surface area contributed by atoms with Gasteiger partial charge in [-0.25, -0.2) is 5.84 Å². The van der Waals surface area contributed by atoms with Crippen molar-refractivity contribution < 1.29 is 14.3 Å². The summed E-state index contributed by atoms with van der Waals surface area (Å²) in [6.45, 7) is 3.06. The summed E-state index contributed by atoms with van der Waals surface area (Å²) in [7, 11) is 0. The van der Waals surface area contributed by atoms with Crippen LogP contribution in [0.1, 0.15) is 22.3 Å². The first kappa shape index (κ1) is 10.8. The van der Waals surface area contributed by atoms with Gasteiger partial charge in [0.05, 0.1) is 13.2 Å². The number of fused-ring (bicyclic) bond motifs is 1. The van der Waals surface area contributed by atoms with Crippen molar-refractivity contribution in [1.29, 1.82) is 0 Å². The fourth-order valence-corrected chi connectivity index (χ4v) is 1.63. The van der Waals surface area contributed by atoms with Crippen LogP contribution in [0, 0.1) is 6.92 Å². The molecule has 5 heteroatoms. The summed E-state index contributed by atoms with van der Waals surface area (Å²) in [5.74, 6) is 6.07. The molecule has 0 spiro atoms. The smallest absolute Gasteiger partial charge is 0.265 e. The highest BCUT2D eigenvalue weighted by Crippen LogP contribution is 2.32. The molecule has 1 heterocycles. The summed E-state index contributed by atoms with van der Waals surface area (Å²) < 4.78 is 11.0. The van der Waals surface area contributed by atoms with Crippen LogP contribution in [0.5, 0.6) is 11.5 Å². The Morgan fingerprint density at radius 1 is 1.31 bits per heavy atom. The van der Waals surface area contributed by atoms with E-state index in [9.17, 15) is 4.79 Å². The third-order valence-electron chi connectivity index (χ3n) is 2.47. The predicted molar refractivity (Wildman–Crippen MR) is 58.4 cm³/mol. The van der Waals surface area contributed by atoms with E-state index in [0.717, 1.165) is 12.0 Å². The van der Waals surface area contributed by atoms with Gasteiger partial charge in [0.25, 0.3) is 5.91 Å². The number of nitrogens with one attached hydrogen (secondary N) is 1. The molecule has 2 rings (SSSR count). The molecule has 0 saturated heterocycles. The predicted octanol–water partition coefficient (Wildman–Crippen LogP) is 0.760. The lowest BCUT2D eigenvalue weighted by Gasteiger charge is -2.11. The van der Waals surface area contributed by atoms with Crippen LogP contribution in [0.15, 0.2) is 12.1 Å². The Balaban J connectivity index is 2.42. The van der Waals surface area contributed by atoms with E-state index < -0.39 is 0 Å². The van der Waals surface area contributed by atoms with Crippen LogP contribution in [0.4, 0.5) is 0 Å². The van der Waals surface area contributed by atoms with E-state index in [1.165, 1.54) is 0 Å². The second-order valence-electron chi connectivity index (χ2n) is 3.64. The number of nitrogen functional groups attached to an aromatic ring is 1. The van der Waals surface area contributed by atoms with Crippen LogP contribution < -0.4 is 20.7 Å². The molecule has 1 amide bonds. The summed E-state index contributed by atoms with van der Waals surface area (Å²) in [5, 5.41) is 0. The molecule has 0 aliphatic carbocycles. The Bertz CT molecular complexity index is 418. The molecule has 0 atom stereocenters. The van der Waals surface area contributed by atoms with Gasteiger partial charge in [-0.2, -0.15) is 0 Å². The Labute approximate surface area is 93.5 Å². The highest BCUT2D eigenvalue weighted by atomic mass is 16.5. The third-order valence-corrected chi connectivity index (χ3v) is 2.47.